The lowest BCUT2D eigenvalue weighted by molar-refractivity contribution is -0.757. The first kappa shape index (κ1) is 19.3. The van der Waals surface area contributed by atoms with Crippen LogP contribution in [0.5, 0.6) is 0 Å². The highest BCUT2D eigenvalue weighted by Gasteiger charge is 2.18. The summed E-state index contributed by atoms with van der Waals surface area (Å²) in [5, 5.41) is 11.6. The molecule has 9 heteroatoms. The zero-order valence-corrected chi connectivity index (χ0v) is 13.9. The maximum Gasteiger partial charge on any atom is 0.306 e. The van der Waals surface area contributed by atoms with Crippen molar-refractivity contribution in [2.24, 2.45) is 5.41 Å². The van der Waals surface area contributed by atoms with Gasteiger partial charge in [0, 0.05) is 12.7 Å². The molecule has 0 unspecified atom stereocenters. The van der Waals surface area contributed by atoms with Crippen molar-refractivity contribution >= 4 is 11.9 Å². The quantitative estimate of drug-likeness (QED) is 0.330. The molecule has 24 heavy (non-hydrogen) atoms. The predicted octanol–water partition coefficient (Wildman–Crippen LogP) is 1.50. The summed E-state index contributed by atoms with van der Waals surface area (Å²) in [6.45, 7) is 5.35. The molecular formula is C15H21N3O6. The average Bonchev–Trinajstić information content (AvgIpc) is 2.47. The minimum Gasteiger partial charge on any atom is -0.459 e. The normalized spacial score (nSPS) is 10.8. The fraction of sp³-hybridized carbons (Fsp3) is 0.533. The Balaban J connectivity index is 2.59. The van der Waals surface area contributed by atoms with E-state index in [9.17, 15) is 19.7 Å². The van der Waals surface area contributed by atoms with E-state index in [0.29, 0.717) is 5.69 Å². The molecule has 0 aliphatic rings. The SMILES string of the molecule is CC(C)(C)CC(=O)OCc1ncccc1C(=O)NCCO[N+](=O)[O-]. The van der Waals surface area contributed by atoms with Gasteiger partial charge in [-0.1, -0.05) is 20.8 Å². The van der Waals surface area contributed by atoms with Gasteiger partial charge in [-0.15, -0.1) is 10.1 Å². The second-order valence-corrected chi connectivity index (χ2v) is 6.21. The summed E-state index contributed by atoms with van der Waals surface area (Å²) < 4.78 is 5.16. The Morgan fingerprint density at radius 3 is 2.71 bits per heavy atom. The van der Waals surface area contributed by atoms with Crippen LogP contribution in [-0.4, -0.2) is 35.1 Å². The van der Waals surface area contributed by atoms with Gasteiger partial charge in [0.05, 0.1) is 17.7 Å². The van der Waals surface area contributed by atoms with Crippen LogP contribution in [0.4, 0.5) is 0 Å². The molecule has 1 aromatic rings. The lowest BCUT2D eigenvalue weighted by Gasteiger charge is -2.17. The van der Waals surface area contributed by atoms with Gasteiger partial charge in [-0.05, 0) is 17.5 Å². The summed E-state index contributed by atoms with van der Waals surface area (Å²) in [4.78, 5) is 42.0. The number of hydrogen-bond acceptors (Lipinski definition) is 7. The fourth-order valence-corrected chi connectivity index (χ4v) is 1.77. The third-order valence-corrected chi connectivity index (χ3v) is 2.76. The summed E-state index contributed by atoms with van der Waals surface area (Å²) in [7, 11) is 0. The van der Waals surface area contributed by atoms with E-state index in [4.69, 9.17) is 4.74 Å². The van der Waals surface area contributed by atoms with Gasteiger partial charge >= 0.3 is 5.97 Å². The van der Waals surface area contributed by atoms with Crippen LogP contribution in [0, 0.1) is 15.5 Å². The topological polar surface area (TPSA) is 121 Å². The molecule has 0 atom stereocenters. The van der Waals surface area contributed by atoms with Crippen molar-refractivity contribution in [2.75, 3.05) is 13.2 Å². The van der Waals surface area contributed by atoms with Gasteiger partial charge in [0.1, 0.15) is 13.2 Å². The fourth-order valence-electron chi connectivity index (χ4n) is 1.77. The monoisotopic (exact) mass is 339 g/mol. The molecule has 1 rings (SSSR count). The summed E-state index contributed by atoms with van der Waals surface area (Å²) in [5.74, 6) is -0.851. The number of nitrogens with zero attached hydrogens (tertiary/aromatic N) is 2. The van der Waals surface area contributed by atoms with Crippen molar-refractivity contribution in [3.8, 4) is 0 Å². The number of ether oxygens (including phenoxy) is 1. The Kier molecular flexibility index (Phi) is 7.09. The zero-order valence-electron chi connectivity index (χ0n) is 13.9. The third kappa shape index (κ3) is 7.52. The molecule has 0 aliphatic heterocycles. The molecule has 1 aromatic heterocycles. The van der Waals surface area contributed by atoms with Crippen LogP contribution in [0.15, 0.2) is 18.3 Å². The number of pyridine rings is 1. The van der Waals surface area contributed by atoms with E-state index in [2.05, 4.69) is 15.1 Å². The van der Waals surface area contributed by atoms with E-state index in [-0.39, 0.29) is 43.1 Å². The van der Waals surface area contributed by atoms with Crippen molar-refractivity contribution in [2.45, 2.75) is 33.8 Å². The summed E-state index contributed by atoms with van der Waals surface area (Å²) >= 11 is 0. The van der Waals surface area contributed by atoms with Gasteiger partial charge in [0.2, 0.25) is 0 Å². The largest absolute Gasteiger partial charge is 0.459 e. The summed E-state index contributed by atoms with van der Waals surface area (Å²) in [6.07, 6.45) is 1.74. The highest BCUT2D eigenvalue weighted by molar-refractivity contribution is 5.95. The predicted molar refractivity (Wildman–Crippen MR) is 83.4 cm³/mol. The van der Waals surface area contributed by atoms with Gasteiger partial charge in [0.15, 0.2) is 0 Å². The minimum absolute atomic E-state index is 0.0298. The van der Waals surface area contributed by atoms with E-state index < -0.39 is 11.0 Å². The van der Waals surface area contributed by atoms with E-state index in [1.165, 1.54) is 12.3 Å². The molecule has 0 aliphatic carbocycles. The third-order valence-electron chi connectivity index (χ3n) is 2.76. The number of carbonyl (C=O) groups is 2. The molecule has 9 nitrogen and oxygen atoms in total. The average molecular weight is 339 g/mol. The van der Waals surface area contributed by atoms with Gasteiger partial charge in [-0.3, -0.25) is 14.6 Å². The summed E-state index contributed by atoms with van der Waals surface area (Å²) in [5.41, 5.74) is 0.355. The van der Waals surface area contributed by atoms with Crippen LogP contribution in [0.25, 0.3) is 0 Å². The molecule has 0 saturated heterocycles. The number of rotatable bonds is 8. The molecule has 1 amide bonds. The highest BCUT2D eigenvalue weighted by Crippen LogP contribution is 2.19. The van der Waals surface area contributed by atoms with Crippen LogP contribution in [0.3, 0.4) is 0 Å². The summed E-state index contributed by atoms with van der Waals surface area (Å²) in [6, 6.07) is 3.10. The van der Waals surface area contributed by atoms with E-state index in [1.807, 2.05) is 20.8 Å². The Morgan fingerprint density at radius 1 is 1.38 bits per heavy atom. The van der Waals surface area contributed by atoms with Gasteiger partial charge in [-0.25, -0.2) is 0 Å². The minimum atomic E-state index is -0.934. The van der Waals surface area contributed by atoms with Crippen LogP contribution >= 0.6 is 0 Å². The Bertz CT molecular complexity index is 597. The standard InChI is InChI=1S/C15H21N3O6/c1-15(2,3)9-13(19)23-10-12-11(5-4-6-16-12)14(20)17-7-8-24-18(21)22/h4-6H,7-10H2,1-3H3,(H,17,20). The van der Waals surface area contributed by atoms with Crippen LogP contribution in [-0.2, 0) is 21.0 Å². The van der Waals surface area contributed by atoms with E-state index in [1.54, 1.807) is 6.07 Å². The Morgan fingerprint density at radius 2 is 2.08 bits per heavy atom. The zero-order chi connectivity index (χ0) is 18.2. The van der Waals surface area contributed by atoms with Gasteiger partial charge in [-0.2, -0.15) is 0 Å². The molecule has 1 heterocycles. The van der Waals surface area contributed by atoms with Crippen molar-refractivity contribution in [1.82, 2.24) is 10.3 Å². The Hall–Kier alpha value is -2.71. The first-order chi connectivity index (χ1) is 11.2. The second kappa shape index (κ2) is 8.80. The van der Waals surface area contributed by atoms with Crippen LogP contribution < -0.4 is 5.32 Å². The van der Waals surface area contributed by atoms with Gasteiger partial charge in [0.25, 0.3) is 11.0 Å². The maximum atomic E-state index is 12.1. The molecule has 0 saturated carbocycles. The maximum absolute atomic E-state index is 12.1. The lowest BCUT2D eigenvalue weighted by Crippen LogP contribution is -2.29. The molecule has 0 spiro atoms. The van der Waals surface area contributed by atoms with Crippen LogP contribution in [0.1, 0.15) is 43.2 Å². The van der Waals surface area contributed by atoms with Crippen molar-refractivity contribution < 1.29 is 24.3 Å². The highest BCUT2D eigenvalue weighted by atomic mass is 16.9. The number of carbonyl (C=O) groups excluding carboxylic acids is 2. The van der Waals surface area contributed by atoms with E-state index >= 15 is 0 Å². The molecule has 132 valence electrons. The second-order valence-electron chi connectivity index (χ2n) is 6.21. The first-order valence-corrected chi connectivity index (χ1v) is 7.34. The molecular weight excluding hydrogens is 318 g/mol. The number of amides is 1. The van der Waals surface area contributed by atoms with Crippen molar-refractivity contribution in [3.63, 3.8) is 0 Å². The number of hydrogen-bond donors (Lipinski definition) is 1. The van der Waals surface area contributed by atoms with E-state index in [0.717, 1.165) is 0 Å². The first-order valence-electron chi connectivity index (χ1n) is 7.34. The smallest absolute Gasteiger partial charge is 0.306 e. The van der Waals surface area contributed by atoms with Crippen molar-refractivity contribution in [3.05, 3.63) is 39.7 Å². The number of nitrogens with one attached hydrogen (secondary N) is 1. The number of aromatic nitrogens is 1. The Labute approximate surface area is 139 Å². The molecule has 0 bridgehead atoms. The van der Waals surface area contributed by atoms with Crippen molar-refractivity contribution in [1.29, 1.82) is 0 Å². The lowest BCUT2D eigenvalue weighted by atomic mass is 9.92. The molecule has 0 radical (unpaired) electrons. The van der Waals surface area contributed by atoms with Crippen LogP contribution in [0.2, 0.25) is 0 Å². The molecule has 0 fully saturated rings. The molecule has 1 N–H and O–H groups in total. The van der Waals surface area contributed by atoms with Gasteiger partial charge < -0.3 is 14.9 Å². The molecule has 0 aromatic carbocycles. The number of esters is 1.